The van der Waals surface area contributed by atoms with E-state index in [2.05, 4.69) is 56.7 Å². The van der Waals surface area contributed by atoms with Crippen molar-refractivity contribution >= 4 is 17.7 Å². The van der Waals surface area contributed by atoms with E-state index >= 15 is 0 Å². The van der Waals surface area contributed by atoms with Crippen molar-refractivity contribution in [3.63, 3.8) is 0 Å². The highest BCUT2D eigenvalue weighted by atomic mass is 16.6. The molecule has 10 nitrogen and oxygen atoms in total. The summed E-state index contributed by atoms with van der Waals surface area (Å²) < 4.78 is 7.46. The van der Waals surface area contributed by atoms with E-state index < -0.39 is 5.60 Å². The third kappa shape index (κ3) is 6.12. The van der Waals surface area contributed by atoms with Crippen molar-refractivity contribution in [3.05, 3.63) is 59.7 Å². The van der Waals surface area contributed by atoms with Gasteiger partial charge in [-0.25, -0.2) is 9.48 Å². The van der Waals surface area contributed by atoms with E-state index in [4.69, 9.17) is 4.74 Å². The van der Waals surface area contributed by atoms with Gasteiger partial charge in [-0.15, -0.1) is 5.10 Å². The van der Waals surface area contributed by atoms with Crippen LogP contribution in [0.4, 0.5) is 10.5 Å². The first kappa shape index (κ1) is 29.5. The highest BCUT2D eigenvalue weighted by molar-refractivity contribution is 5.91. The minimum atomic E-state index is -0.519. The maximum Gasteiger partial charge on any atom is 0.410 e. The SMILES string of the molecule is Cc1cc(-c2ccncc2N2CCC3(CCCN3C(=O)OC(C)(C)C)C2)ccc1CNC(=O)c1cn(C(C)(C)C)nn1. The van der Waals surface area contributed by atoms with Gasteiger partial charge >= 0.3 is 6.09 Å². The molecule has 1 aromatic carbocycles. The maximum absolute atomic E-state index is 13.1. The topological polar surface area (TPSA) is 105 Å². The number of aryl methyl sites for hydroxylation is 1. The van der Waals surface area contributed by atoms with Crippen LogP contribution in [0.15, 0.2) is 42.9 Å². The second kappa shape index (κ2) is 11.0. The molecule has 0 aliphatic carbocycles. The van der Waals surface area contributed by atoms with Crippen molar-refractivity contribution in [2.45, 2.75) is 91.0 Å². The van der Waals surface area contributed by atoms with Gasteiger partial charge < -0.3 is 19.9 Å². The molecule has 0 radical (unpaired) electrons. The number of hydrogen-bond acceptors (Lipinski definition) is 7. The molecule has 1 unspecified atom stereocenters. The predicted molar refractivity (Wildman–Crippen MR) is 162 cm³/mol. The third-order valence-corrected chi connectivity index (χ3v) is 8.19. The average molecular weight is 574 g/mol. The van der Waals surface area contributed by atoms with Gasteiger partial charge in [-0.2, -0.15) is 0 Å². The molecule has 2 amide bonds. The van der Waals surface area contributed by atoms with Crippen molar-refractivity contribution in [1.29, 1.82) is 0 Å². The Bertz CT molecular complexity index is 1470. The molecule has 4 heterocycles. The molecule has 1 atom stereocenters. The Labute approximate surface area is 248 Å². The van der Waals surface area contributed by atoms with Crippen molar-refractivity contribution < 1.29 is 14.3 Å². The van der Waals surface area contributed by atoms with Crippen molar-refractivity contribution in [1.82, 2.24) is 30.2 Å². The third-order valence-electron chi connectivity index (χ3n) is 8.19. The van der Waals surface area contributed by atoms with Crippen LogP contribution in [0, 0.1) is 6.92 Å². The number of nitrogens with zero attached hydrogens (tertiary/aromatic N) is 6. The lowest BCUT2D eigenvalue weighted by Gasteiger charge is -2.36. The molecule has 3 aromatic rings. The second-order valence-corrected chi connectivity index (χ2v) is 13.6. The Kier molecular flexibility index (Phi) is 7.76. The molecule has 1 spiro atoms. The Balaban J connectivity index is 1.29. The number of anilines is 1. The van der Waals surface area contributed by atoms with E-state index in [1.54, 1.807) is 10.9 Å². The fourth-order valence-electron chi connectivity index (χ4n) is 5.93. The summed E-state index contributed by atoms with van der Waals surface area (Å²) in [5, 5.41) is 11.1. The van der Waals surface area contributed by atoms with Crippen LogP contribution >= 0.6 is 0 Å². The maximum atomic E-state index is 13.1. The number of benzene rings is 1. The summed E-state index contributed by atoms with van der Waals surface area (Å²) in [6, 6.07) is 8.37. The molecule has 2 aliphatic heterocycles. The van der Waals surface area contributed by atoms with Crippen molar-refractivity contribution in [3.8, 4) is 11.1 Å². The van der Waals surface area contributed by atoms with E-state index in [0.717, 1.165) is 66.8 Å². The quantitative estimate of drug-likeness (QED) is 0.441. The molecular formula is C32H43N7O3. The van der Waals surface area contributed by atoms with E-state index in [1.807, 2.05) is 58.8 Å². The van der Waals surface area contributed by atoms with Crippen LogP contribution in [0.25, 0.3) is 11.1 Å². The lowest BCUT2D eigenvalue weighted by molar-refractivity contribution is 0.0111. The van der Waals surface area contributed by atoms with Gasteiger partial charge in [0, 0.05) is 37.9 Å². The Morgan fingerprint density at radius 2 is 1.86 bits per heavy atom. The molecule has 0 bridgehead atoms. The summed E-state index contributed by atoms with van der Waals surface area (Å²) in [4.78, 5) is 34.6. The summed E-state index contributed by atoms with van der Waals surface area (Å²) >= 11 is 0. The summed E-state index contributed by atoms with van der Waals surface area (Å²) in [5.74, 6) is -0.249. The van der Waals surface area contributed by atoms with Crippen molar-refractivity contribution in [2.24, 2.45) is 0 Å². The van der Waals surface area contributed by atoms with Gasteiger partial charge in [-0.05, 0) is 90.5 Å². The zero-order valence-corrected chi connectivity index (χ0v) is 25.9. The molecule has 1 N–H and O–H groups in total. The van der Waals surface area contributed by atoms with Crippen LogP contribution < -0.4 is 10.2 Å². The van der Waals surface area contributed by atoms with Crippen LogP contribution in [0.3, 0.4) is 0 Å². The average Bonchev–Trinajstić information content (AvgIpc) is 3.67. The largest absolute Gasteiger partial charge is 0.444 e. The Morgan fingerprint density at radius 3 is 2.55 bits per heavy atom. The van der Waals surface area contributed by atoms with Gasteiger partial charge in [-0.1, -0.05) is 23.4 Å². The highest BCUT2D eigenvalue weighted by Gasteiger charge is 2.49. The zero-order chi connectivity index (χ0) is 30.3. The molecule has 2 fully saturated rings. The minimum absolute atomic E-state index is 0.217. The first-order valence-corrected chi connectivity index (χ1v) is 14.8. The fourth-order valence-corrected chi connectivity index (χ4v) is 5.93. The van der Waals surface area contributed by atoms with Gasteiger partial charge in [0.15, 0.2) is 5.69 Å². The predicted octanol–water partition coefficient (Wildman–Crippen LogP) is 5.31. The standard InChI is InChI=1S/C32H43N7O3/c1-22-17-23(9-10-24(22)18-34-28(40)26-20-39(36-35-26)30(2,3)4)25-11-14-33-19-27(25)37-16-13-32(21-37)12-8-15-38(32)29(41)42-31(5,6)7/h9-11,14,17,19-20H,8,12-13,15-16,18,21H2,1-7H3,(H,34,40). The summed E-state index contributed by atoms with van der Waals surface area (Å²) in [7, 11) is 0. The minimum Gasteiger partial charge on any atom is -0.444 e. The number of nitrogens with one attached hydrogen (secondary N) is 1. The lowest BCUT2D eigenvalue weighted by atomic mass is 9.95. The lowest BCUT2D eigenvalue weighted by Crippen LogP contribution is -2.50. The van der Waals surface area contributed by atoms with Crippen molar-refractivity contribution in [2.75, 3.05) is 24.5 Å². The van der Waals surface area contributed by atoms with Gasteiger partial charge in [-0.3, -0.25) is 9.78 Å². The van der Waals surface area contributed by atoms with Gasteiger partial charge in [0.05, 0.1) is 29.2 Å². The molecule has 2 aromatic heterocycles. The number of ether oxygens (including phenoxy) is 1. The highest BCUT2D eigenvalue weighted by Crippen LogP contribution is 2.42. The summed E-state index contributed by atoms with van der Waals surface area (Å²) in [6.45, 7) is 16.6. The molecule has 2 saturated heterocycles. The first-order chi connectivity index (χ1) is 19.8. The molecule has 5 rings (SSSR count). The number of pyridine rings is 1. The number of hydrogen-bond donors (Lipinski definition) is 1. The molecule has 2 aliphatic rings. The smallest absolute Gasteiger partial charge is 0.410 e. The van der Waals surface area contributed by atoms with Crippen LogP contribution in [-0.2, 0) is 16.8 Å². The first-order valence-electron chi connectivity index (χ1n) is 14.8. The van der Waals surface area contributed by atoms with Gasteiger partial charge in [0.2, 0.25) is 0 Å². The van der Waals surface area contributed by atoms with Crippen LogP contribution in [0.1, 0.15) is 82.4 Å². The Hall–Kier alpha value is -3.95. The molecule has 224 valence electrons. The number of rotatable bonds is 5. The molecule has 42 heavy (non-hydrogen) atoms. The number of likely N-dealkylation sites (tertiary alicyclic amines) is 1. The molecule has 0 saturated carbocycles. The van der Waals surface area contributed by atoms with E-state index in [1.165, 1.54) is 0 Å². The normalized spacial score (nSPS) is 19.0. The van der Waals surface area contributed by atoms with Crippen LogP contribution in [0.5, 0.6) is 0 Å². The Morgan fingerprint density at radius 1 is 1.07 bits per heavy atom. The monoisotopic (exact) mass is 573 g/mol. The van der Waals surface area contributed by atoms with Crippen LogP contribution in [-0.4, -0.2) is 67.7 Å². The van der Waals surface area contributed by atoms with Gasteiger partial charge in [0.25, 0.3) is 5.91 Å². The summed E-state index contributed by atoms with van der Waals surface area (Å²) in [5.41, 5.74) is 4.69. The summed E-state index contributed by atoms with van der Waals surface area (Å²) in [6.07, 6.45) is 8.07. The number of carbonyl (C=O) groups excluding carboxylic acids is 2. The van der Waals surface area contributed by atoms with Crippen LogP contribution in [0.2, 0.25) is 0 Å². The van der Waals surface area contributed by atoms with E-state index in [-0.39, 0.29) is 23.1 Å². The zero-order valence-electron chi connectivity index (χ0n) is 25.9. The number of amides is 2. The van der Waals surface area contributed by atoms with E-state index in [9.17, 15) is 9.59 Å². The fraction of sp³-hybridized carbons (Fsp3) is 0.531. The molecular weight excluding hydrogens is 530 g/mol. The van der Waals surface area contributed by atoms with E-state index in [0.29, 0.717) is 12.2 Å². The second-order valence-electron chi connectivity index (χ2n) is 13.6. The molecule has 10 heteroatoms. The van der Waals surface area contributed by atoms with Gasteiger partial charge in [0.1, 0.15) is 5.60 Å². The number of aromatic nitrogens is 4. The number of carbonyl (C=O) groups is 2.